The van der Waals surface area contributed by atoms with Crippen molar-refractivity contribution >= 4 is 39.2 Å². The van der Waals surface area contributed by atoms with Gasteiger partial charge >= 0.3 is 0 Å². The smallest absolute Gasteiger partial charge is 0.228 e. The Morgan fingerprint density at radius 1 is 1.22 bits per heavy atom. The molecule has 1 N–H and O–H groups in total. The summed E-state index contributed by atoms with van der Waals surface area (Å²) in [4.78, 5) is 17.8. The van der Waals surface area contributed by atoms with Crippen molar-refractivity contribution in [3.8, 4) is 11.3 Å². The highest BCUT2D eigenvalue weighted by atomic mass is 32.1. The van der Waals surface area contributed by atoms with E-state index in [0.717, 1.165) is 27.5 Å². The van der Waals surface area contributed by atoms with Crippen LogP contribution in [0.4, 0.5) is 5.69 Å². The first-order valence-corrected chi connectivity index (χ1v) is 8.94. The maximum absolute atomic E-state index is 12.3. The van der Waals surface area contributed by atoms with E-state index in [1.165, 1.54) is 0 Å². The van der Waals surface area contributed by atoms with Crippen LogP contribution in [0.15, 0.2) is 58.9 Å². The number of nitrogens with zero attached hydrogens (tertiary/aromatic N) is 2. The van der Waals surface area contributed by atoms with Gasteiger partial charge in [0.05, 0.1) is 17.8 Å². The summed E-state index contributed by atoms with van der Waals surface area (Å²) in [7, 11) is 0. The van der Waals surface area contributed by atoms with Crippen LogP contribution < -0.4 is 5.32 Å². The molecule has 0 bridgehead atoms. The number of hydrogen-bond acceptors (Lipinski definition) is 4. The van der Waals surface area contributed by atoms with Crippen LogP contribution in [-0.2, 0) is 11.2 Å². The molecule has 3 heterocycles. The van der Waals surface area contributed by atoms with Crippen molar-refractivity contribution in [3.63, 3.8) is 0 Å². The minimum absolute atomic E-state index is 0.0168. The van der Waals surface area contributed by atoms with Gasteiger partial charge in [-0.15, -0.1) is 11.3 Å². The summed E-state index contributed by atoms with van der Waals surface area (Å²) in [5.74, 6) is -0.0168. The minimum atomic E-state index is -0.0168. The lowest BCUT2D eigenvalue weighted by Gasteiger charge is -2.09. The molecule has 6 heteroatoms. The molecule has 0 unspecified atom stereocenters. The SMILES string of the molecule is O=C(Cc1ccsc1)Nc1ccccc1-c1cn2ccsc2n1. The Labute approximate surface area is 141 Å². The van der Waals surface area contributed by atoms with E-state index >= 15 is 0 Å². The molecular formula is C17H13N3OS2. The molecule has 0 atom stereocenters. The number of hydrogen-bond donors (Lipinski definition) is 1. The van der Waals surface area contributed by atoms with Crippen molar-refractivity contribution in [3.05, 3.63) is 64.4 Å². The number of thiazole rings is 1. The van der Waals surface area contributed by atoms with Crippen LogP contribution in [0.3, 0.4) is 0 Å². The van der Waals surface area contributed by atoms with Gasteiger partial charge in [0.2, 0.25) is 5.91 Å². The number of amides is 1. The van der Waals surface area contributed by atoms with Gasteiger partial charge in [0.1, 0.15) is 0 Å². The highest BCUT2D eigenvalue weighted by Crippen LogP contribution is 2.28. The third kappa shape index (κ3) is 2.91. The zero-order valence-electron chi connectivity index (χ0n) is 12.1. The van der Waals surface area contributed by atoms with Crippen molar-refractivity contribution in [2.24, 2.45) is 0 Å². The number of thiophene rings is 1. The van der Waals surface area contributed by atoms with E-state index in [-0.39, 0.29) is 5.91 Å². The minimum Gasteiger partial charge on any atom is -0.325 e. The molecule has 4 rings (SSSR count). The summed E-state index contributed by atoms with van der Waals surface area (Å²) in [6.45, 7) is 0. The maximum atomic E-state index is 12.3. The first-order valence-electron chi connectivity index (χ1n) is 7.12. The van der Waals surface area contributed by atoms with Gasteiger partial charge in [-0.2, -0.15) is 11.3 Å². The Hall–Kier alpha value is -2.44. The summed E-state index contributed by atoms with van der Waals surface area (Å²) < 4.78 is 1.99. The Balaban J connectivity index is 1.61. The zero-order chi connectivity index (χ0) is 15.6. The Bertz CT molecular complexity index is 925. The van der Waals surface area contributed by atoms with E-state index in [2.05, 4.69) is 10.3 Å². The lowest BCUT2D eigenvalue weighted by atomic mass is 10.1. The molecule has 0 saturated heterocycles. The number of imidazole rings is 1. The van der Waals surface area contributed by atoms with Crippen molar-refractivity contribution < 1.29 is 4.79 Å². The first kappa shape index (κ1) is 14.2. The number of anilines is 1. The van der Waals surface area contributed by atoms with Crippen molar-refractivity contribution in [2.75, 3.05) is 5.32 Å². The molecule has 23 heavy (non-hydrogen) atoms. The van der Waals surface area contributed by atoms with Gasteiger partial charge in [0.25, 0.3) is 0 Å². The number of para-hydroxylation sites is 1. The van der Waals surface area contributed by atoms with Crippen LogP contribution in [0.5, 0.6) is 0 Å². The largest absolute Gasteiger partial charge is 0.325 e. The number of fused-ring (bicyclic) bond motifs is 1. The molecule has 0 radical (unpaired) electrons. The Kier molecular flexibility index (Phi) is 3.69. The molecule has 0 aliphatic heterocycles. The molecule has 0 aliphatic rings. The number of carbonyl (C=O) groups excluding carboxylic acids is 1. The number of rotatable bonds is 4. The van der Waals surface area contributed by atoms with Gasteiger partial charge in [-0.1, -0.05) is 18.2 Å². The number of aromatic nitrogens is 2. The van der Waals surface area contributed by atoms with Crippen molar-refractivity contribution in [1.82, 2.24) is 9.38 Å². The van der Waals surface area contributed by atoms with E-state index in [9.17, 15) is 4.79 Å². The lowest BCUT2D eigenvalue weighted by molar-refractivity contribution is -0.115. The predicted molar refractivity (Wildman–Crippen MR) is 95.2 cm³/mol. The van der Waals surface area contributed by atoms with Gasteiger partial charge in [-0.25, -0.2) is 4.98 Å². The second-order valence-corrected chi connectivity index (χ2v) is 6.77. The van der Waals surface area contributed by atoms with E-state index in [1.54, 1.807) is 22.7 Å². The van der Waals surface area contributed by atoms with Crippen molar-refractivity contribution in [2.45, 2.75) is 6.42 Å². The third-order valence-electron chi connectivity index (χ3n) is 3.52. The molecule has 0 fully saturated rings. The molecule has 4 nitrogen and oxygen atoms in total. The second kappa shape index (κ2) is 5.98. The molecular weight excluding hydrogens is 326 g/mol. The molecule has 3 aromatic heterocycles. The summed E-state index contributed by atoms with van der Waals surface area (Å²) >= 11 is 3.19. The fourth-order valence-electron chi connectivity index (χ4n) is 2.45. The predicted octanol–water partition coefficient (Wildman–Crippen LogP) is 4.31. The highest BCUT2D eigenvalue weighted by Gasteiger charge is 2.12. The quantitative estimate of drug-likeness (QED) is 0.602. The molecule has 4 aromatic rings. The normalized spacial score (nSPS) is 11.0. The van der Waals surface area contributed by atoms with Gasteiger partial charge in [0.15, 0.2) is 4.96 Å². The number of nitrogens with one attached hydrogen (secondary N) is 1. The summed E-state index contributed by atoms with van der Waals surface area (Å²) in [6.07, 6.45) is 4.35. The molecule has 114 valence electrons. The molecule has 1 aromatic carbocycles. The van der Waals surface area contributed by atoms with Crippen LogP contribution in [-0.4, -0.2) is 15.3 Å². The topological polar surface area (TPSA) is 46.4 Å². The summed E-state index contributed by atoms with van der Waals surface area (Å²) in [5, 5.41) is 8.98. The highest BCUT2D eigenvalue weighted by molar-refractivity contribution is 7.15. The van der Waals surface area contributed by atoms with E-state index in [1.807, 2.05) is 63.3 Å². The van der Waals surface area contributed by atoms with Gasteiger partial charge in [-0.05, 0) is 28.5 Å². The fraction of sp³-hybridized carbons (Fsp3) is 0.0588. The maximum Gasteiger partial charge on any atom is 0.228 e. The molecule has 1 amide bonds. The number of carbonyl (C=O) groups is 1. The van der Waals surface area contributed by atoms with E-state index < -0.39 is 0 Å². The summed E-state index contributed by atoms with van der Waals surface area (Å²) in [5.41, 5.74) is 3.62. The first-order chi connectivity index (χ1) is 11.3. The molecule has 0 spiro atoms. The van der Waals surface area contributed by atoms with Gasteiger partial charge in [-0.3, -0.25) is 9.20 Å². The van der Waals surface area contributed by atoms with Crippen molar-refractivity contribution in [1.29, 1.82) is 0 Å². The van der Waals surface area contributed by atoms with Gasteiger partial charge < -0.3 is 5.32 Å². The van der Waals surface area contributed by atoms with E-state index in [4.69, 9.17) is 0 Å². The second-order valence-electron chi connectivity index (χ2n) is 5.12. The average Bonchev–Trinajstić information content (AvgIpc) is 3.24. The summed E-state index contributed by atoms with van der Waals surface area (Å²) in [6, 6.07) is 9.74. The Morgan fingerprint density at radius 3 is 2.96 bits per heavy atom. The van der Waals surface area contributed by atoms with Crippen LogP contribution in [0.1, 0.15) is 5.56 Å². The van der Waals surface area contributed by atoms with Gasteiger partial charge in [0, 0.05) is 23.3 Å². The van der Waals surface area contributed by atoms with Crippen LogP contribution in [0.25, 0.3) is 16.2 Å². The van der Waals surface area contributed by atoms with E-state index in [0.29, 0.717) is 6.42 Å². The monoisotopic (exact) mass is 339 g/mol. The Morgan fingerprint density at radius 2 is 2.13 bits per heavy atom. The zero-order valence-corrected chi connectivity index (χ0v) is 13.7. The standard InChI is InChI=1S/C17H13N3OS2/c21-16(9-12-5-7-22-11-12)18-14-4-2-1-3-13(14)15-10-20-6-8-23-17(20)19-15/h1-8,10-11H,9H2,(H,18,21). The fourth-order valence-corrected chi connectivity index (χ4v) is 3.81. The number of benzene rings is 1. The van der Waals surface area contributed by atoms with Crippen LogP contribution in [0.2, 0.25) is 0 Å². The third-order valence-corrected chi connectivity index (χ3v) is 5.02. The van der Waals surface area contributed by atoms with Crippen LogP contribution >= 0.6 is 22.7 Å². The van der Waals surface area contributed by atoms with Crippen LogP contribution in [0, 0.1) is 0 Å². The molecule has 0 saturated carbocycles. The lowest BCUT2D eigenvalue weighted by Crippen LogP contribution is -2.14. The average molecular weight is 339 g/mol. The molecule has 0 aliphatic carbocycles.